The number of rotatable bonds is 0. The normalized spacial score (nSPS) is 39.5. The van der Waals surface area contributed by atoms with Crippen molar-refractivity contribution in [3.63, 3.8) is 0 Å². The Bertz CT molecular complexity index is 166. The lowest BCUT2D eigenvalue weighted by molar-refractivity contribution is -0.411. The Labute approximate surface area is 66.9 Å². The zero-order valence-electron chi connectivity index (χ0n) is 6.57. The van der Waals surface area contributed by atoms with Gasteiger partial charge < -0.3 is 0 Å². The summed E-state index contributed by atoms with van der Waals surface area (Å²) in [5.41, 5.74) is 0. The van der Waals surface area contributed by atoms with Gasteiger partial charge in [0, 0.05) is 0 Å². The fraction of sp³-hybridized carbons (Fsp3) is 1.00. The maximum absolute atomic E-state index is 12.5. The van der Waals surface area contributed by atoms with Gasteiger partial charge >= 0.3 is 12.2 Å². The number of hydrogen-bond donors (Lipinski definition) is 1. The molecule has 0 amide bonds. The number of halogens is 4. The molecule has 1 heterocycles. The molecule has 0 radical (unpaired) electrons. The molecule has 2 nitrogen and oxygen atoms in total. The highest BCUT2D eigenvalue weighted by molar-refractivity contribution is 4.86. The lowest BCUT2D eigenvalue weighted by Gasteiger charge is -2.38. The van der Waals surface area contributed by atoms with Crippen LogP contribution in [-0.2, 0) is 4.74 Å². The molecule has 0 bridgehead atoms. The lowest BCUT2D eigenvalue weighted by atomic mass is 10.2. The summed E-state index contributed by atoms with van der Waals surface area (Å²) in [7, 11) is 0. The zero-order valence-corrected chi connectivity index (χ0v) is 6.57. The van der Waals surface area contributed by atoms with Crippen LogP contribution in [0.15, 0.2) is 0 Å². The van der Waals surface area contributed by atoms with Crippen LogP contribution >= 0.6 is 0 Å². The van der Waals surface area contributed by atoms with Crippen molar-refractivity contribution < 1.29 is 22.3 Å². The van der Waals surface area contributed by atoms with E-state index in [9.17, 15) is 17.6 Å². The summed E-state index contributed by atoms with van der Waals surface area (Å²) in [6, 6.07) is -2.79. The number of hydrogen-bond acceptors (Lipinski definition) is 2. The molecule has 1 fully saturated rings. The third kappa shape index (κ3) is 1.54. The average Bonchev–Trinajstić information content (AvgIpc) is 1.82. The fourth-order valence-corrected chi connectivity index (χ4v) is 0.927. The van der Waals surface area contributed by atoms with E-state index in [2.05, 4.69) is 4.74 Å². The maximum atomic E-state index is 12.5. The molecule has 0 aromatic heterocycles. The second-order valence-electron chi connectivity index (χ2n) is 2.84. The standard InChI is InChI=1S/C6H9F4NO/c1-3-5(7,8)12-6(9,10)4(2)11-3/h3-4,11H,1-2H3. The van der Waals surface area contributed by atoms with Gasteiger partial charge in [0.1, 0.15) is 0 Å². The van der Waals surface area contributed by atoms with Gasteiger partial charge in [0.05, 0.1) is 12.1 Å². The van der Waals surface area contributed by atoms with E-state index in [-0.39, 0.29) is 0 Å². The molecule has 0 aromatic rings. The average molecular weight is 187 g/mol. The summed E-state index contributed by atoms with van der Waals surface area (Å²) in [5, 5.41) is 2.03. The highest BCUT2D eigenvalue weighted by Gasteiger charge is 2.56. The van der Waals surface area contributed by atoms with E-state index >= 15 is 0 Å². The molecular weight excluding hydrogens is 178 g/mol. The highest BCUT2D eigenvalue weighted by atomic mass is 19.3. The smallest absolute Gasteiger partial charge is 0.296 e. The lowest BCUT2D eigenvalue weighted by Crippen LogP contribution is -2.63. The number of morpholine rings is 1. The molecule has 1 rings (SSSR count). The van der Waals surface area contributed by atoms with Crippen molar-refractivity contribution in [2.45, 2.75) is 38.1 Å². The van der Waals surface area contributed by atoms with Gasteiger partial charge in [-0.15, -0.1) is 0 Å². The van der Waals surface area contributed by atoms with Crippen molar-refractivity contribution in [1.29, 1.82) is 0 Å². The Morgan fingerprint density at radius 2 is 1.33 bits per heavy atom. The quantitative estimate of drug-likeness (QED) is 0.581. The minimum absolute atomic E-state index is 1.09. The minimum atomic E-state index is -3.81. The van der Waals surface area contributed by atoms with Crippen LogP contribution in [0.1, 0.15) is 13.8 Å². The molecule has 1 aliphatic heterocycles. The predicted octanol–water partition coefficient (Wildman–Crippen LogP) is 1.57. The molecule has 2 atom stereocenters. The van der Waals surface area contributed by atoms with Gasteiger partial charge in [-0.05, 0) is 13.8 Å². The molecule has 0 aliphatic carbocycles. The Morgan fingerprint density at radius 3 is 1.58 bits per heavy atom. The Hall–Kier alpha value is -0.360. The second-order valence-corrected chi connectivity index (χ2v) is 2.84. The topological polar surface area (TPSA) is 21.3 Å². The van der Waals surface area contributed by atoms with E-state index in [4.69, 9.17) is 0 Å². The molecule has 2 unspecified atom stereocenters. The first-order valence-corrected chi connectivity index (χ1v) is 3.47. The molecule has 72 valence electrons. The zero-order chi connectivity index (χ0) is 9.57. The molecule has 0 spiro atoms. The number of nitrogens with one attached hydrogen (secondary N) is 1. The van der Waals surface area contributed by atoms with Crippen LogP contribution in [0.4, 0.5) is 17.6 Å². The van der Waals surface area contributed by atoms with E-state index < -0.39 is 24.3 Å². The van der Waals surface area contributed by atoms with Crippen molar-refractivity contribution in [1.82, 2.24) is 5.32 Å². The fourth-order valence-electron chi connectivity index (χ4n) is 0.927. The van der Waals surface area contributed by atoms with Gasteiger partial charge in [-0.3, -0.25) is 10.1 Å². The summed E-state index contributed by atoms with van der Waals surface area (Å²) in [4.78, 5) is 0. The molecule has 6 heteroatoms. The molecule has 1 saturated heterocycles. The third-order valence-corrected chi connectivity index (χ3v) is 1.78. The Morgan fingerprint density at radius 1 is 1.00 bits per heavy atom. The summed E-state index contributed by atoms with van der Waals surface area (Å²) >= 11 is 0. The first-order chi connectivity index (χ1) is 5.26. The van der Waals surface area contributed by atoms with Crippen LogP contribution in [-0.4, -0.2) is 24.3 Å². The van der Waals surface area contributed by atoms with Crippen molar-refractivity contribution >= 4 is 0 Å². The van der Waals surface area contributed by atoms with Crippen molar-refractivity contribution in [2.75, 3.05) is 0 Å². The monoisotopic (exact) mass is 187 g/mol. The van der Waals surface area contributed by atoms with Crippen LogP contribution in [0, 0.1) is 0 Å². The van der Waals surface area contributed by atoms with Gasteiger partial charge in [-0.1, -0.05) is 0 Å². The van der Waals surface area contributed by atoms with Gasteiger partial charge in [0.2, 0.25) is 0 Å². The molecule has 1 N–H and O–H groups in total. The van der Waals surface area contributed by atoms with Crippen LogP contribution in [0.5, 0.6) is 0 Å². The molecule has 0 aromatic carbocycles. The van der Waals surface area contributed by atoms with Crippen molar-refractivity contribution in [3.8, 4) is 0 Å². The summed E-state index contributed by atoms with van der Waals surface area (Å²) in [5.74, 6) is 0. The molecule has 1 aliphatic rings. The summed E-state index contributed by atoms with van der Waals surface area (Å²) in [6.45, 7) is 2.18. The first-order valence-electron chi connectivity index (χ1n) is 3.47. The van der Waals surface area contributed by atoms with E-state index in [0.29, 0.717) is 0 Å². The van der Waals surface area contributed by atoms with Gasteiger partial charge in [0.25, 0.3) is 0 Å². The molecule has 0 saturated carbocycles. The Kier molecular flexibility index (Phi) is 2.08. The van der Waals surface area contributed by atoms with Gasteiger partial charge in [-0.2, -0.15) is 17.6 Å². The van der Waals surface area contributed by atoms with Crippen LogP contribution in [0.2, 0.25) is 0 Å². The van der Waals surface area contributed by atoms with Gasteiger partial charge in [0.15, 0.2) is 0 Å². The van der Waals surface area contributed by atoms with Crippen molar-refractivity contribution in [2.24, 2.45) is 0 Å². The number of alkyl halides is 4. The summed E-state index contributed by atoms with van der Waals surface area (Å²) in [6.07, 6.45) is -7.62. The van der Waals surface area contributed by atoms with E-state index in [1.807, 2.05) is 5.32 Å². The summed E-state index contributed by atoms with van der Waals surface area (Å²) < 4.78 is 53.4. The maximum Gasteiger partial charge on any atom is 0.375 e. The minimum Gasteiger partial charge on any atom is -0.296 e. The van der Waals surface area contributed by atoms with E-state index in [1.54, 1.807) is 0 Å². The van der Waals surface area contributed by atoms with E-state index in [1.165, 1.54) is 0 Å². The Balaban J connectivity index is 2.78. The second kappa shape index (κ2) is 2.56. The third-order valence-electron chi connectivity index (χ3n) is 1.78. The largest absolute Gasteiger partial charge is 0.375 e. The molecular formula is C6H9F4NO. The van der Waals surface area contributed by atoms with Crippen molar-refractivity contribution in [3.05, 3.63) is 0 Å². The van der Waals surface area contributed by atoms with Gasteiger partial charge in [-0.25, -0.2) is 0 Å². The van der Waals surface area contributed by atoms with E-state index in [0.717, 1.165) is 13.8 Å². The molecule has 12 heavy (non-hydrogen) atoms. The van der Waals surface area contributed by atoms with Crippen LogP contribution in [0.25, 0.3) is 0 Å². The first kappa shape index (κ1) is 9.73. The number of ether oxygens (including phenoxy) is 1. The SMILES string of the molecule is CC1NC(C)C(F)(F)OC1(F)F. The highest BCUT2D eigenvalue weighted by Crippen LogP contribution is 2.36. The predicted molar refractivity (Wildman–Crippen MR) is 33.0 cm³/mol. The van der Waals surface area contributed by atoms with Crippen LogP contribution in [0.3, 0.4) is 0 Å². The van der Waals surface area contributed by atoms with Crippen LogP contribution < -0.4 is 5.32 Å².